The number of benzene rings is 1. The lowest BCUT2D eigenvalue weighted by Gasteiger charge is -2.11. The van der Waals surface area contributed by atoms with Gasteiger partial charge < -0.3 is 19.0 Å². The summed E-state index contributed by atoms with van der Waals surface area (Å²) in [5.41, 5.74) is 4.28. The van der Waals surface area contributed by atoms with Gasteiger partial charge in [0.05, 0.1) is 30.3 Å². The Morgan fingerprint density at radius 1 is 1.18 bits per heavy atom. The average Bonchev–Trinajstić information content (AvgIpc) is 3.30. The van der Waals surface area contributed by atoms with Gasteiger partial charge in [-0.1, -0.05) is 19.9 Å². The van der Waals surface area contributed by atoms with Gasteiger partial charge in [-0.15, -0.1) is 10.2 Å². The topological polar surface area (TPSA) is 108 Å². The van der Waals surface area contributed by atoms with Gasteiger partial charge >= 0.3 is 0 Å². The first-order chi connectivity index (χ1) is 16.4. The molecule has 34 heavy (non-hydrogen) atoms. The molecule has 0 saturated heterocycles. The molecule has 0 saturated carbocycles. The molecule has 0 unspecified atom stereocenters. The highest BCUT2D eigenvalue weighted by atomic mass is 16.5. The lowest BCUT2D eigenvalue weighted by molar-refractivity contribution is 0.413. The number of nitrogens with zero attached hydrogens (tertiary/aromatic N) is 5. The lowest BCUT2D eigenvalue weighted by atomic mass is 10.1. The summed E-state index contributed by atoms with van der Waals surface area (Å²) in [6.45, 7) is 7.32. The third kappa shape index (κ3) is 4.89. The van der Waals surface area contributed by atoms with Crippen LogP contribution in [-0.4, -0.2) is 38.9 Å². The van der Waals surface area contributed by atoms with Crippen molar-refractivity contribution in [1.29, 1.82) is 0 Å². The minimum absolute atomic E-state index is 0. The Morgan fingerprint density at radius 2 is 1.97 bits per heavy atom. The van der Waals surface area contributed by atoms with Crippen molar-refractivity contribution in [3.63, 3.8) is 0 Å². The molecular weight excluding hydrogens is 432 g/mol. The lowest BCUT2D eigenvalue weighted by Crippen LogP contribution is -2.21. The second kappa shape index (κ2) is 9.96. The SMILES string of the molecule is CNCc1ccc(-c2nnc(-c3nc(-c4ccc(=O)n(CC(C)C)c4)cnc3C)o2)c(OC)c1.[HH]. The first kappa shape index (κ1) is 23.3. The van der Waals surface area contributed by atoms with Crippen molar-refractivity contribution in [1.82, 2.24) is 30.0 Å². The van der Waals surface area contributed by atoms with Gasteiger partial charge in [0.25, 0.3) is 17.3 Å². The molecule has 0 radical (unpaired) electrons. The van der Waals surface area contributed by atoms with Crippen LogP contribution in [0.3, 0.4) is 0 Å². The summed E-state index contributed by atoms with van der Waals surface area (Å²) in [5, 5.41) is 11.6. The summed E-state index contributed by atoms with van der Waals surface area (Å²) >= 11 is 0. The minimum atomic E-state index is -0.0472. The molecule has 0 amide bonds. The van der Waals surface area contributed by atoms with Gasteiger partial charge in [-0.3, -0.25) is 9.78 Å². The van der Waals surface area contributed by atoms with E-state index in [1.807, 2.05) is 38.4 Å². The molecule has 178 valence electrons. The van der Waals surface area contributed by atoms with Crippen molar-refractivity contribution >= 4 is 0 Å². The molecule has 0 fully saturated rings. The van der Waals surface area contributed by atoms with Gasteiger partial charge in [-0.05, 0) is 43.7 Å². The van der Waals surface area contributed by atoms with Crippen molar-refractivity contribution in [2.45, 2.75) is 33.9 Å². The van der Waals surface area contributed by atoms with E-state index in [2.05, 4.69) is 34.3 Å². The Morgan fingerprint density at radius 3 is 2.71 bits per heavy atom. The van der Waals surface area contributed by atoms with Crippen LogP contribution in [0, 0.1) is 12.8 Å². The second-order valence-electron chi connectivity index (χ2n) is 8.47. The van der Waals surface area contributed by atoms with E-state index in [0.29, 0.717) is 46.7 Å². The maximum atomic E-state index is 12.2. The van der Waals surface area contributed by atoms with Crippen molar-refractivity contribution < 1.29 is 10.6 Å². The van der Waals surface area contributed by atoms with E-state index in [4.69, 9.17) is 14.1 Å². The van der Waals surface area contributed by atoms with Crippen LogP contribution < -0.4 is 15.6 Å². The van der Waals surface area contributed by atoms with Crippen molar-refractivity contribution in [2.24, 2.45) is 5.92 Å². The molecule has 0 aliphatic carbocycles. The quantitative estimate of drug-likeness (QED) is 0.419. The summed E-state index contributed by atoms with van der Waals surface area (Å²) in [5.74, 6) is 1.58. The number of hydrogen-bond acceptors (Lipinski definition) is 8. The Bertz CT molecular complexity index is 1370. The number of methoxy groups -OCH3 is 1. The summed E-state index contributed by atoms with van der Waals surface area (Å²) in [4.78, 5) is 21.4. The molecule has 0 aliphatic heterocycles. The maximum Gasteiger partial charge on any atom is 0.268 e. The zero-order valence-electron chi connectivity index (χ0n) is 20.0. The van der Waals surface area contributed by atoms with Crippen molar-refractivity contribution in [3.8, 4) is 40.0 Å². The number of rotatable bonds is 8. The van der Waals surface area contributed by atoms with E-state index in [1.54, 1.807) is 30.0 Å². The monoisotopic (exact) mass is 462 g/mol. The highest BCUT2D eigenvalue weighted by molar-refractivity contribution is 5.66. The van der Waals surface area contributed by atoms with Crippen molar-refractivity contribution in [2.75, 3.05) is 14.2 Å². The largest absolute Gasteiger partial charge is 0.496 e. The molecule has 0 spiro atoms. The first-order valence-electron chi connectivity index (χ1n) is 11.1. The smallest absolute Gasteiger partial charge is 0.268 e. The molecule has 3 heterocycles. The fourth-order valence-electron chi connectivity index (χ4n) is 3.66. The Hall–Kier alpha value is -3.85. The minimum Gasteiger partial charge on any atom is -0.496 e. The standard InChI is InChI=1S/C25H28N6O3.H2/c1-15(2)13-31-14-18(7-9-22(31)32)20-12-27-16(3)23(28-20)25-30-29-24(34-25)19-8-6-17(11-26-4)10-21(19)33-5;/h6-10,12,14-15,26H,11,13H2,1-5H3;1H. The molecule has 3 aromatic heterocycles. The zero-order chi connectivity index (χ0) is 24.2. The van der Waals surface area contributed by atoms with Gasteiger partial charge in [0.15, 0.2) is 0 Å². The molecule has 0 atom stereocenters. The van der Waals surface area contributed by atoms with Crippen molar-refractivity contribution in [3.05, 3.63) is 64.3 Å². The molecule has 1 aromatic carbocycles. The number of ether oxygens (including phenoxy) is 1. The van der Waals surface area contributed by atoms with Crippen LogP contribution in [0.25, 0.3) is 34.3 Å². The Kier molecular flexibility index (Phi) is 6.83. The number of pyridine rings is 1. The Labute approximate surface area is 199 Å². The van der Waals surface area contributed by atoms with Crippen LogP contribution in [0.2, 0.25) is 0 Å². The number of hydrogen-bond donors (Lipinski definition) is 1. The van der Waals surface area contributed by atoms with Crippen LogP contribution in [0.1, 0.15) is 26.5 Å². The highest BCUT2D eigenvalue weighted by Crippen LogP contribution is 2.32. The van der Waals surface area contributed by atoms with Gasteiger partial charge in [-0.25, -0.2) is 4.98 Å². The summed E-state index contributed by atoms with van der Waals surface area (Å²) < 4.78 is 13.2. The summed E-state index contributed by atoms with van der Waals surface area (Å²) in [6, 6.07) is 9.12. The van der Waals surface area contributed by atoms with Crippen LogP contribution in [-0.2, 0) is 13.1 Å². The summed E-state index contributed by atoms with van der Waals surface area (Å²) in [6.07, 6.45) is 3.49. The normalized spacial score (nSPS) is 11.2. The molecule has 4 rings (SSSR count). The van der Waals surface area contributed by atoms with Crippen LogP contribution in [0.4, 0.5) is 0 Å². The van der Waals surface area contributed by atoms with Gasteiger partial charge in [-0.2, -0.15) is 0 Å². The fraction of sp³-hybridized carbons (Fsp3) is 0.320. The number of nitrogens with one attached hydrogen (secondary N) is 1. The van der Waals surface area contributed by atoms with Crippen LogP contribution in [0.5, 0.6) is 5.75 Å². The predicted molar refractivity (Wildman–Crippen MR) is 131 cm³/mol. The van der Waals surface area contributed by atoms with Crippen LogP contribution in [0.15, 0.2) is 51.9 Å². The zero-order valence-corrected chi connectivity index (χ0v) is 20.0. The third-order valence-electron chi connectivity index (χ3n) is 5.30. The molecule has 0 bridgehead atoms. The molecule has 9 heteroatoms. The molecule has 0 aliphatic rings. The van der Waals surface area contributed by atoms with E-state index in [0.717, 1.165) is 17.7 Å². The van der Waals surface area contributed by atoms with Crippen LogP contribution >= 0.6 is 0 Å². The molecule has 9 nitrogen and oxygen atoms in total. The number of aromatic nitrogens is 5. The molecule has 4 aromatic rings. The Balaban J connectivity index is 0.00000342. The van der Waals surface area contributed by atoms with E-state index >= 15 is 0 Å². The highest BCUT2D eigenvalue weighted by Gasteiger charge is 2.19. The average molecular weight is 463 g/mol. The van der Waals surface area contributed by atoms with E-state index in [1.165, 1.54) is 0 Å². The van der Waals surface area contributed by atoms with E-state index < -0.39 is 0 Å². The van der Waals surface area contributed by atoms with Gasteiger partial charge in [0, 0.05) is 32.3 Å². The maximum absolute atomic E-state index is 12.2. The molecule has 1 N–H and O–H groups in total. The first-order valence-corrected chi connectivity index (χ1v) is 11.1. The summed E-state index contributed by atoms with van der Waals surface area (Å²) in [7, 11) is 3.50. The van der Waals surface area contributed by atoms with Gasteiger partial charge in [0.1, 0.15) is 11.4 Å². The van der Waals surface area contributed by atoms with E-state index in [-0.39, 0.29) is 12.9 Å². The second-order valence-corrected chi connectivity index (χ2v) is 8.47. The van der Waals surface area contributed by atoms with Gasteiger partial charge in [0.2, 0.25) is 0 Å². The molecular formula is C25H30N6O3. The fourth-order valence-corrected chi connectivity index (χ4v) is 3.66. The predicted octanol–water partition coefficient (Wildman–Crippen LogP) is 3.96. The third-order valence-corrected chi connectivity index (χ3v) is 5.30. The van der Waals surface area contributed by atoms with E-state index in [9.17, 15) is 4.79 Å². The number of aryl methyl sites for hydroxylation is 1.